The van der Waals surface area contributed by atoms with Crippen molar-refractivity contribution in [3.63, 3.8) is 0 Å². The second kappa shape index (κ2) is 14.5. The van der Waals surface area contributed by atoms with Crippen molar-refractivity contribution in [2.45, 2.75) is 65.2 Å². The van der Waals surface area contributed by atoms with E-state index in [0.717, 1.165) is 12.0 Å². The summed E-state index contributed by atoms with van der Waals surface area (Å²) >= 11 is 0. The number of hydrogen-bond acceptors (Lipinski definition) is 3. The van der Waals surface area contributed by atoms with E-state index in [1.54, 1.807) is 0 Å². The fourth-order valence-electron chi connectivity index (χ4n) is 2.61. The van der Waals surface area contributed by atoms with Crippen LogP contribution in [0.25, 0.3) is 0 Å². The summed E-state index contributed by atoms with van der Waals surface area (Å²) in [5.74, 6) is 0.503. The molecule has 1 aromatic rings. The van der Waals surface area contributed by atoms with Gasteiger partial charge in [-0.25, -0.2) is 0 Å². The molecule has 0 amide bonds. The van der Waals surface area contributed by atoms with Gasteiger partial charge in [0.15, 0.2) is 0 Å². The van der Waals surface area contributed by atoms with Crippen LogP contribution >= 0.6 is 0 Å². The Labute approximate surface area is 192 Å². The van der Waals surface area contributed by atoms with Crippen LogP contribution in [0.2, 0.25) is 0 Å². The predicted molar refractivity (Wildman–Crippen MR) is 98.2 cm³/mol. The van der Waals surface area contributed by atoms with Crippen molar-refractivity contribution in [1.82, 2.24) is 4.90 Å². The normalized spacial score (nSPS) is 10.5. The van der Waals surface area contributed by atoms with Gasteiger partial charge in [0.2, 0.25) is 0 Å². The zero-order valence-electron chi connectivity index (χ0n) is 17.4. The maximum atomic E-state index is 11.8. The van der Waals surface area contributed by atoms with Crippen molar-refractivity contribution in [1.29, 1.82) is 0 Å². The first-order valence-corrected chi connectivity index (χ1v) is 8.98. The Balaban J connectivity index is 0. The van der Waals surface area contributed by atoms with Crippen molar-refractivity contribution in [3.05, 3.63) is 29.3 Å². The van der Waals surface area contributed by atoms with E-state index >= 15 is 0 Å². The van der Waals surface area contributed by atoms with E-state index < -0.39 is 0 Å². The Morgan fingerprint density at radius 1 is 1.08 bits per heavy atom. The number of likely N-dealkylation sites (N-methyl/N-ethyl adjacent to an activating group) is 1. The zero-order valence-corrected chi connectivity index (χ0v) is 19.5. The van der Waals surface area contributed by atoms with Crippen molar-refractivity contribution in [2.75, 3.05) is 20.6 Å². The summed E-state index contributed by atoms with van der Waals surface area (Å²) < 4.78 is 5.49. The average Bonchev–Trinajstić information content (AvgIpc) is 2.48. The summed E-state index contributed by atoms with van der Waals surface area (Å²) in [5, 5.41) is 0. The number of rotatable bonds is 11. The van der Waals surface area contributed by atoms with Gasteiger partial charge in [0.05, 0.1) is 6.54 Å². The quantitative estimate of drug-likeness (QED) is 0.261. The van der Waals surface area contributed by atoms with Crippen molar-refractivity contribution in [3.8, 4) is 5.75 Å². The smallest absolute Gasteiger partial charge is 1.00 e. The summed E-state index contributed by atoms with van der Waals surface area (Å²) in [5.41, 5.74) is 2.28. The van der Waals surface area contributed by atoms with Crippen LogP contribution in [0.5, 0.6) is 5.75 Å². The molecule has 0 aromatic heterocycles. The summed E-state index contributed by atoms with van der Waals surface area (Å²) in [7, 11) is 3.73. The topological polar surface area (TPSA) is 29.5 Å². The van der Waals surface area contributed by atoms with Crippen LogP contribution in [0.3, 0.4) is 0 Å². The molecule has 1 aromatic carbocycles. The van der Waals surface area contributed by atoms with Gasteiger partial charge >= 0.3 is 57.4 Å². The molecule has 0 saturated heterocycles. The maximum Gasteiger partial charge on any atom is 1.00 e. The predicted octanol–water partition coefficient (Wildman–Crippen LogP) is 1.87. The van der Waals surface area contributed by atoms with Gasteiger partial charge in [-0.1, -0.05) is 57.6 Å². The van der Waals surface area contributed by atoms with Crippen LogP contribution in [0, 0.1) is 6.92 Å². The Kier molecular flexibility index (Phi) is 14.6. The van der Waals surface area contributed by atoms with Crippen LogP contribution in [0.15, 0.2) is 18.2 Å². The van der Waals surface area contributed by atoms with Gasteiger partial charge in [-0.3, -0.25) is 9.69 Å². The van der Waals surface area contributed by atoms with Crippen molar-refractivity contribution in [2.24, 2.45) is 0 Å². The summed E-state index contributed by atoms with van der Waals surface area (Å²) in [6, 6.07) is 6.23. The van der Waals surface area contributed by atoms with Gasteiger partial charge in [-0.15, -0.1) is 0 Å². The first kappa shape index (κ1) is 24.3. The molecular formula is C20H34KNO2. The molecule has 0 heterocycles. The summed E-state index contributed by atoms with van der Waals surface area (Å²) in [4.78, 5) is 13.6. The van der Waals surface area contributed by atoms with E-state index in [0.29, 0.717) is 12.3 Å². The number of esters is 1. The van der Waals surface area contributed by atoms with E-state index in [-0.39, 0.29) is 58.8 Å². The van der Waals surface area contributed by atoms with Gasteiger partial charge in [-0.2, -0.15) is 0 Å². The zero-order chi connectivity index (χ0) is 17.1. The van der Waals surface area contributed by atoms with Crippen molar-refractivity contribution >= 4 is 5.97 Å². The van der Waals surface area contributed by atoms with Crippen LogP contribution in [-0.4, -0.2) is 31.5 Å². The molecule has 132 valence electrons. The molecule has 0 N–H and O–H groups in total. The molecule has 0 aliphatic rings. The Hall–Kier alpha value is 0.286. The minimum Gasteiger partial charge on any atom is -1.00 e. The number of aryl methyl sites for hydroxylation is 2. The molecular weight excluding hydrogens is 325 g/mol. The van der Waals surface area contributed by atoms with E-state index in [4.69, 9.17) is 4.74 Å². The fourth-order valence-corrected chi connectivity index (χ4v) is 2.61. The number of ether oxygens (including phenoxy) is 1. The first-order valence-electron chi connectivity index (χ1n) is 8.98. The molecule has 0 aliphatic carbocycles. The molecule has 4 heteroatoms. The third-order valence-corrected chi connectivity index (χ3v) is 3.99. The molecule has 0 atom stereocenters. The molecule has 24 heavy (non-hydrogen) atoms. The molecule has 0 radical (unpaired) electrons. The van der Waals surface area contributed by atoms with Crippen molar-refractivity contribution < 1.29 is 62.3 Å². The number of carbonyl (C=O) groups is 1. The van der Waals surface area contributed by atoms with Crippen LogP contribution in [0.4, 0.5) is 0 Å². The maximum absolute atomic E-state index is 11.8. The minimum atomic E-state index is -0.203. The third-order valence-electron chi connectivity index (χ3n) is 3.99. The largest absolute Gasteiger partial charge is 1.00 e. The number of carbonyl (C=O) groups excluding carboxylic acids is 1. The molecule has 0 unspecified atom stereocenters. The Bertz CT molecular complexity index is 481. The number of unbranched alkanes of at least 4 members (excludes halogenated alkanes) is 6. The second-order valence-electron chi connectivity index (χ2n) is 6.68. The molecule has 0 aliphatic heterocycles. The SMILES string of the molecule is CCCCCCCCCc1ccc(C)c(OC(=O)CN(C)C)c1.[H-].[K+]. The Morgan fingerprint density at radius 3 is 2.33 bits per heavy atom. The number of benzene rings is 1. The van der Waals surface area contributed by atoms with E-state index in [1.165, 1.54) is 50.5 Å². The number of nitrogens with zero attached hydrogens (tertiary/aromatic N) is 1. The summed E-state index contributed by atoms with van der Waals surface area (Å²) in [6.45, 7) is 4.54. The number of hydrogen-bond donors (Lipinski definition) is 0. The van der Waals surface area contributed by atoms with Gasteiger partial charge < -0.3 is 6.16 Å². The standard InChI is InChI=1S/C20H33NO2.K.H/c1-5-6-7-8-9-10-11-12-18-14-13-17(2)19(15-18)23-20(22)16-21(3)4;;/h13-15H,5-12,16H2,1-4H3;;/q;+1;-1. The van der Waals surface area contributed by atoms with E-state index in [9.17, 15) is 4.79 Å². The molecule has 3 nitrogen and oxygen atoms in total. The van der Waals surface area contributed by atoms with E-state index in [2.05, 4.69) is 19.1 Å². The molecule has 0 fully saturated rings. The second-order valence-corrected chi connectivity index (χ2v) is 6.68. The first-order chi connectivity index (χ1) is 11.0. The molecule has 1 rings (SSSR count). The minimum absolute atomic E-state index is 0. The summed E-state index contributed by atoms with van der Waals surface area (Å²) in [6.07, 6.45) is 10.3. The van der Waals surface area contributed by atoms with Gasteiger partial charge in [0.1, 0.15) is 5.75 Å². The Morgan fingerprint density at radius 2 is 1.71 bits per heavy atom. The molecule has 0 spiro atoms. The third kappa shape index (κ3) is 11.0. The average molecular weight is 360 g/mol. The molecule has 0 saturated carbocycles. The van der Waals surface area contributed by atoms with Crippen LogP contribution < -0.4 is 56.1 Å². The van der Waals surface area contributed by atoms with Crippen LogP contribution in [0.1, 0.15) is 64.4 Å². The molecule has 0 bridgehead atoms. The monoisotopic (exact) mass is 359 g/mol. The van der Waals surface area contributed by atoms with Gasteiger partial charge in [0.25, 0.3) is 0 Å². The van der Waals surface area contributed by atoms with Gasteiger partial charge in [-0.05, 0) is 51.1 Å². The fraction of sp³-hybridized carbons (Fsp3) is 0.650. The van der Waals surface area contributed by atoms with Crippen LogP contribution in [-0.2, 0) is 11.2 Å². The van der Waals surface area contributed by atoms with Gasteiger partial charge in [0, 0.05) is 0 Å². The van der Waals surface area contributed by atoms with E-state index in [1.807, 2.05) is 32.0 Å².